The van der Waals surface area contributed by atoms with Gasteiger partial charge in [0.25, 0.3) is 0 Å². The predicted octanol–water partition coefficient (Wildman–Crippen LogP) is 5.97. The van der Waals surface area contributed by atoms with Crippen LogP contribution in [0.1, 0.15) is 81.3 Å². The molecule has 0 bridgehead atoms. The van der Waals surface area contributed by atoms with Gasteiger partial charge in [0, 0.05) is 31.3 Å². The average Bonchev–Trinajstić information content (AvgIpc) is 4.08. The van der Waals surface area contributed by atoms with Crippen LogP contribution >= 0.6 is 0 Å². The van der Waals surface area contributed by atoms with Gasteiger partial charge in [-0.3, -0.25) is 9.59 Å². The number of hydrogen-bond acceptors (Lipinski definition) is 9. The van der Waals surface area contributed by atoms with Gasteiger partial charge in [-0.1, -0.05) is 43.9 Å². The van der Waals surface area contributed by atoms with E-state index < -0.39 is 30.4 Å². The number of alkyl carbamates (subject to hydrolysis) is 2. The van der Waals surface area contributed by atoms with Gasteiger partial charge >= 0.3 is 12.2 Å². The van der Waals surface area contributed by atoms with Gasteiger partial charge in [-0.15, -0.1) is 0 Å². The van der Waals surface area contributed by atoms with E-state index in [0.717, 1.165) is 70.0 Å². The van der Waals surface area contributed by atoms with Crippen molar-refractivity contribution in [3.05, 3.63) is 83.4 Å². The van der Waals surface area contributed by atoms with Crippen LogP contribution in [0.4, 0.5) is 9.59 Å². The maximum atomic E-state index is 13.7. The summed E-state index contributed by atoms with van der Waals surface area (Å²) in [4.78, 5) is 71.4. The van der Waals surface area contributed by atoms with Crippen LogP contribution in [0.3, 0.4) is 0 Å². The number of fused-ring (bicyclic) bond motifs is 2. The fraction of sp³-hybridized carbons (Fsp3) is 0.409. The van der Waals surface area contributed by atoms with Crippen molar-refractivity contribution in [1.29, 1.82) is 0 Å². The lowest BCUT2D eigenvalue weighted by Gasteiger charge is -2.30. The Morgan fingerprint density at radius 3 is 1.73 bits per heavy atom. The molecule has 3 aromatic carbocycles. The summed E-state index contributed by atoms with van der Waals surface area (Å²) < 4.78 is 14.9. The molecule has 2 saturated heterocycles. The number of methoxy groups -OCH3 is 3. The number of ether oxygens (including phenoxy) is 3. The van der Waals surface area contributed by atoms with Gasteiger partial charge < -0.3 is 44.6 Å². The highest BCUT2D eigenvalue weighted by Gasteiger charge is 2.39. The summed E-state index contributed by atoms with van der Waals surface area (Å²) in [5.74, 6) is 7.44. The Morgan fingerprint density at radius 2 is 1.17 bits per heavy atom. The normalized spacial score (nSPS) is 18.0. The summed E-state index contributed by atoms with van der Waals surface area (Å²) in [6.45, 7) is 6.65. The van der Waals surface area contributed by atoms with Crippen LogP contribution in [-0.2, 0) is 23.8 Å². The fourth-order valence-corrected chi connectivity index (χ4v) is 7.91. The van der Waals surface area contributed by atoms with E-state index in [4.69, 9.17) is 24.2 Å². The molecule has 2 aliphatic heterocycles. The third kappa shape index (κ3) is 8.73. The minimum absolute atomic E-state index is 0.115. The number of imidazole rings is 2. The number of likely N-dealkylation sites (tertiary alicyclic amines) is 2. The molecule has 4 N–H and O–H groups in total. The smallest absolute Gasteiger partial charge is 0.407 e. The summed E-state index contributed by atoms with van der Waals surface area (Å²) in [5, 5.41) is 5.32. The van der Waals surface area contributed by atoms with E-state index in [9.17, 15) is 19.2 Å². The molecule has 0 spiro atoms. The summed E-state index contributed by atoms with van der Waals surface area (Å²) in [7, 11) is 4.04. The zero-order valence-corrected chi connectivity index (χ0v) is 34.1. The number of carbonyl (C=O) groups is 4. The van der Waals surface area contributed by atoms with Gasteiger partial charge in [0.1, 0.15) is 23.7 Å². The van der Waals surface area contributed by atoms with Gasteiger partial charge in [0.05, 0.1) is 54.5 Å². The summed E-state index contributed by atoms with van der Waals surface area (Å²) >= 11 is 0. The molecule has 2 fully saturated rings. The summed E-state index contributed by atoms with van der Waals surface area (Å²) in [5.41, 5.74) is 6.98. The van der Waals surface area contributed by atoms with E-state index in [1.165, 1.54) is 21.3 Å². The molecule has 4 heterocycles. The highest BCUT2D eigenvalue weighted by molar-refractivity contribution is 5.88. The quantitative estimate of drug-likeness (QED) is 0.124. The Bertz CT molecular complexity index is 2410. The minimum Gasteiger partial charge on any atom is -0.453 e. The molecule has 15 nitrogen and oxygen atoms in total. The largest absolute Gasteiger partial charge is 0.453 e. The Kier molecular flexibility index (Phi) is 12.2. The Balaban J connectivity index is 1.03. The predicted molar refractivity (Wildman–Crippen MR) is 221 cm³/mol. The number of H-pyrrole nitrogens is 2. The second kappa shape index (κ2) is 17.6. The lowest BCUT2D eigenvalue weighted by Crippen LogP contribution is -2.54. The number of nitrogens with zero attached hydrogens (tertiary/aromatic N) is 4. The van der Waals surface area contributed by atoms with Crippen molar-refractivity contribution in [3.8, 4) is 23.0 Å². The van der Waals surface area contributed by atoms with Crippen molar-refractivity contribution in [3.63, 3.8) is 0 Å². The van der Waals surface area contributed by atoms with E-state index in [1.54, 1.807) is 16.7 Å². The number of carbonyl (C=O) groups excluding carboxylic acids is 4. The van der Waals surface area contributed by atoms with Gasteiger partial charge in [0.2, 0.25) is 11.8 Å². The van der Waals surface area contributed by atoms with Gasteiger partial charge in [-0.2, -0.15) is 0 Å². The molecule has 2 aliphatic rings. The molecule has 59 heavy (non-hydrogen) atoms. The topological polar surface area (TPSA) is 184 Å². The molecule has 5 atom stereocenters. The number of amides is 4. The van der Waals surface area contributed by atoms with Crippen LogP contribution in [0.25, 0.3) is 33.2 Å². The third-order valence-corrected chi connectivity index (χ3v) is 11.2. The molecule has 308 valence electrons. The molecule has 7 rings (SSSR count). The number of rotatable bonds is 10. The van der Waals surface area contributed by atoms with Crippen LogP contribution in [0, 0.1) is 17.8 Å². The molecular weight excluding hydrogens is 753 g/mol. The molecule has 0 aliphatic carbocycles. The average molecular weight is 803 g/mol. The lowest BCUT2D eigenvalue weighted by molar-refractivity contribution is -0.137. The number of nitrogens with one attached hydrogen (secondary N) is 4. The van der Waals surface area contributed by atoms with Crippen molar-refractivity contribution < 1.29 is 33.4 Å². The maximum absolute atomic E-state index is 13.7. The molecule has 2 aromatic heterocycles. The standard InChI is InChI=1S/C44H50N8O7/c1-25(2)37(49-43(55)58-5)41(53)51-21-7-9-35(51)39-45-31-19-15-28(23-33(31)47-39)12-11-27-13-16-29(17-14-27)30-18-20-32-34(24-30)48-40(46-32)36-10-8-22-52(36)42(54)38(26(3)57-4)50-44(56)59-6/h13-20,23-26,35-38H,7-10,21-22H2,1-6H3,(H,45,47)(H,46,48)(H,49,55)(H,50,56)/t26-,35?,36?,37+,38?/m1/s1. The minimum atomic E-state index is -0.901. The van der Waals surface area contributed by atoms with Crippen LogP contribution in [0.5, 0.6) is 0 Å². The molecule has 0 saturated carbocycles. The van der Waals surface area contributed by atoms with Crippen molar-refractivity contribution in [2.75, 3.05) is 34.4 Å². The fourth-order valence-electron chi connectivity index (χ4n) is 7.91. The number of aromatic amines is 2. The number of hydrogen-bond donors (Lipinski definition) is 4. The van der Waals surface area contributed by atoms with Crippen LogP contribution in [0.2, 0.25) is 0 Å². The first-order chi connectivity index (χ1) is 28.5. The molecule has 4 amide bonds. The number of aromatic nitrogens is 4. The van der Waals surface area contributed by atoms with Gasteiger partial charge in [-0.25, -0.2) is 19.6 Å². The highest BCUT2D eigenvalue weighted by Crippen LogP contribution is 2.35. The van der Waals surface area contributed by atoms with E-state index in [2.05, 4.69) is 38.5 Å². The van der Waals surface area contributed by atoms with Crippen molar-refractivity contribution in [1.82, 2.24) is 40.4 Å². The Labute approximate surface area is 342 Å². The maximum Gasteiger partial charge on any atom is 0.407 e. The summed E-state index contributed by atoms with van der Waals surface area (Å²) in [6.07, 6.45) is 1.26. The second-order valence-electron chi connectivity index (χ2n) is 15.3. The SMILES string of the molecule is COC(=O)NC(C(=O)N1CCCC1c1nc2ccc(-c3ccc(C#Cc4ccc5nc(C6CCCN6C(=O)[C@@H](NC(=O)OC)C(C)C)[nH]c5c4)cc3)cc2[nH]1)[C@@H](C)OC. The van der Waals surface area contributed by atoms with Crippen molar-refractivity contribution in [2.24, 2.45) is 5.92 Å². The Hall–Kier alpha value is -6.40. The zero-order chi connectivity index (χ0) is 41.8. The highest BCUT2D eigenvalue weighted by atomic mass is 16.5. The molecule has 15 heteroatoms. The van der Waals surface area contributed by atoms with E-state index in [0.29, 0.717) is 24.7 Å². The van der Waals surface area contributed by atoms with Crippen LogP contribution in [-0.4, -0.2) is 106 Å². The third-order valence-electron chi connectivity index (χ3n) is 11.2. The first kappa shape index (κ1) is 40.8. The van der Waals surface area contributed by atoms with E-state index >= 15 is 0 Å². The van der Waals surface area contributed by atoms with Crippen molar-refractivity contribution in [2.45, 2.75) is 76.7 Å². The number of benzene rings is 3. The molecular formula is C44H50N8O7. The first-order valence-corrected chi connectivity index (χ1v) is 19.9. The first-order valence-electron chi connectivity index (χ1n) is 19.9. The van der Waals surface area contributed by atoms with Crippen molar-refractivity contribution >= 4 is 46.1 Å². The van der Waals surface area contributed by atoms with Gasteiger partial charge in [-0.05, 0) is 92.1 Å². The molecule has 0 radical (unpaired) electrons. The summed E-state index contributed by atoms with van der Waals surface area (Å²) in [6, 6.07) is 17.8. The van der Waals surface area contributed by atoms with Crippen LogP contribution in [0.15, 0.2) is 60.7 Å². The monoisotopic (exact) mass is 802 g/mol. The molecule has 3 unspecified atom stereocenters. The molecule has 5 aromatic rings. The van der Waals surface area contributed by atoms with Gasteiger partial charge in [0.15, 0.2) is 0 Å². The van der Waals surface area contributed by atoms with Crippen LogP contribution < -0.4 is 10.6 Å². The zero-order valence-electron chi connectivity index (χ0n) is 34.1. The van der Waals surface area contributed by atoms with E-state index in [-0.39, 0.29) is 29.8 Å². The Morgan fingerprint density at radius 1 is 0.678 bits per heavy atom. The second-order valence-corrected chi connectivity index (χ2v) is 15.3. The lowest BCUT2D eigenvalue weighted by atomic mass is 10.0. The van der Waals surface area contributed by atoms with E-state index in [1.807, 2.05) is 68.4 Å².